The van der Waals surface area contributed by atoms with Crippen molar-refractivity contribution >= 4 is 27.4 Å². The first kappa shape index (κ1) is 17.8. The number of hydrogen-bond acceptors (Lipinski definition) is 6. The Hall–Kier alpha value is -1.61. The van der Waals surface area contributed by atoms with Crippen LogP contribution in [0.5, 0.6) is 0 Å². The molecule has 0 bridgehead atoms. The number of aromatic nitrogens is 4. The van der Waals surface area contributed by atoms with E-state index in [1.165, 1.54) is 11.8 Å². The van der Waals surface area contributed by atoms with Gasteiger partial charge in [-0.25, -0.2) is 8.42 Å². The van der Waals surface area contributed by atoms with Crippen molar-refractivity contribution in [3.05, 3.63) is 29.3 Å². The summed E-state index contributed by atoms with van der Waals surface area (Å²) in [5, 5.41) is 8.86. The van der Waals surface area contributed by atoms with Crippen molar-refractivity contribution in [3.63, 3.8) is 0 Å². The van der Waals surface area contributed by atoms with Crippen molar-refractivity contribution in [2.24, 2.45) is 0 Å². The molecule has 2 fully saturated rings. The molecule has 1 atom stereocenters. The molecule has 2 aliphatic rings. The molecular weight excluding hydrogens is 372 g/mol. The van der Waals surface area contributed by atoms with Crippen LogP contribution in [0.25, 0.3) is 0 Å². The molecule has 0 spiro atoms. The summed E-state index contributed by atoms with van der Waals surface area (Å²) in [5.74, 6) is 0.736. The van der Waals surface area contributed by atoms with Crippen molar-refractivity contribution in [3.8, 4) is 0 Å². The van der Waals surface area contributed by atoms with Gasteiger partial charge in [-0.1, -0.05) is 11.8 Å². The molecule has 0 radical (unpaired) electrons. The van der Waals surface area contributed by atoms with Crippen LogP contribution < -0.4 is 0 Å². The van der Waals surface area contributed by atoms with Crippen LogP contribution >= 0.6 is 11.8 Å². The molecule has 2 aromatic rings. The zero-order valence-electron chi connectivity index (χ0n) is 14.9. The lowest BCUT2D eigenvalue weighted by atomic mass is 10.2. The summed E-state index contributed by atoms with van der Waals surface area (Å²) in [6, 6.07) is 2.30. The monoisotopic (exact) mass is 394 g/mol. The van der Waals surface area contributed by atoms with Crippen LogP contribution in [0, 0.1) is 13.8 Å². The molecule has 3 heterocycles. The second kappa shape index (κ2) is 6.53. The number of thioether (sulfide) groups is 1. The Morgan fingerprint density at radius 2 is 2.04 bits per heavy atom. The molecule has 1 unspecified atom stereocenters. The highest BCUT2D eigenvalue weighted by molar-refractivity contribution is 7.99. The lowest BCUT2D eigenvalue weighted by Crippen LogP contribution is -2.14. The van der Waals surface area contributed by atoms with Gasteiger partial charge in [0.05, 0.1) is 17.3 Å². The third kappa shape index (κ3) is 3.34. The van der Waals surface area contributed by atoms with Gasteiger partial charge in [-0.05, 0) is 39.2 Å². The minimum absolute atomic E-state index is 0.0422. The van der Waals surface area contributed by atoms with Crippen LogP contribution in [-0.4, -0.2) is 50.8 Å². The number of sulfone groups is 1. The molecule has 4 rings (SSSR count). The summed E-state index contributed by atoms with van der Waals surface area (Å²) in [5.41, 5.74) is 2.48. The minimum Gasteiger partial charge on any atom is -0.344 e. The summed E-state index contributed by atoms with van der Waals surface area (Å²) in [4.78, 5) is 12.8. The van der Waals surface area contributed by atoms with E-state index in [1.807, 2.05) is 29.0 Å². The van der Waals surface area contributed by atoms with Gasteiger partial charge in [-0.3, -0.25) is 4.79 Å². The van der Waals surface area contributed by atoms with Gasteiger partial charge in [0.15, 0.2) is 20.8 Å². The van der Waals surface area contributed by atoms with Crippen molar-refractivity contribution in [2.75, 3.05) is 17.3 Å². The molecule has 1 saturated heterocycles. The highest BCUT2D eigenvalue weighted by Gasteiger charge is 2.32. The highest BCUT2D eigenvalue weighted by Crippen LogP contribution is 2.37. The van der Waals surface area contributed by atoms with Crippen molar-refractivity contribution in [1.82, 2.24) is 19.3 Å². The van der Waals surface area contributed by atoms with Gasteiger partial charge in [-0.15, -0.1) is 10.2 Å². The smallest absolute Gasteiger partial charge is 0.191 e. The van der Waals surface area contributed by atoms with Crippen LogP contribution in [-0.2, 0) is 9.84 Å². The molecule has 1 aliphatic carbocycles. The Morgan fingerprint density at radius 3 is 2.69 bits per heavy atom. The zero-order chi connectivity index (χ0) is 18.5. The maximum absolute atomic E-state index is 12.8. The fraction of sp³-hybridized carbons (Fsp3) is 0.588. The van der Waals surface area contributed by atoms with E-state index in [4.69, 9.17) is 0 Å². The number of carbonyl (C=O) groups is 1. The number of Topliss-reactive ketones (excluding diaryl/α,β-unsaturated/α-hetero) is 1. The SMILES string of the molecule is Cc1cc(C(=O)CSc2nncn2C2CC2)c(C)n1C1CCS(=O)(=O)C1. The molecule has 0 amide bonds. The second-order valence-electron chi connectivity index (χ2n) is 7.18. The summed E-state index contributed by atoms with van der Waals surface area (Å²) in [7, 11) is -2.96. The van der Waals surface area contributed by atoms with Gasteiger partial charge < -0.3 is 9.13 Å². The fourth-order valence-corrected chi connectivity index (χ4v) is 6.31. The number of ketones is 1. The third-order valence-electron chi connectivity index (χ3n) is 5.17. The fourth-order valence-electron chi connectivity index (χ4n) is 3.75. The molecule has 26 heavy (non-hydrogen) atoms. The zero-order valence-corrected chi connectivity index (χ0v) is 16.5. The molecular formula is C17H22N4O3S2. The van der Waals surface area contributed by atoms with E-state index in [2.05, 4.69) is 10.2 Å². The van der Waals surface area contributed by atoms with Crippen LogP contribution in [0.15, 0.2) is 17.6 Å². The van der Waals surface area contributed by atoms with E-state index in [1.54, 1.807) is 6.33 Å². The number of rotatable bonds is 6. The highest BCUT2D eigenvalue weighted by atomic mass is 32.2. The van der Waals surface area contributed by atoms with Crippen molar-refractivity contribution < 1.29 is 13.2 Å². The molecule has 1 saturated carbocycles. The van der Waals surface area contributed by atoms with Crippen LogP contribution in [0.2, 0.25) is 0 Å². The first-order chi connectivity index (χ1) is 12.4. The van der Waals surface area contributed by atoms with Gasteiger partial charge in [-0.2, -0.15) is 0 Å². The number of hydrogen-bond donors (Lipinski definition) is 0. The predicted molar refractivity (Wildman–Crippen MR) is 99.6 cm³/mol. The van der Waals surface area contributed by atoms with Crippen LogP contribution in [0.1, 0.15) is 53.1 Å². The van der Waals surface area contributed by atoms with E-state index >= 15 is 0 Å². The van der Waals surface area contributed by atoms with Crippen molar-refractivity contribution in [1.29, 1.82) is 0 Å². The number of aryl methyl sites for hydroxylation is 1. The lowest BCUT2D eigenvalue weighted by molar-refractivity contribution is 0.102. The molecule has 2 aromatic heterocycles. The molecule has 7 nitrogen and oxygen atoms in total. The molecule has 9 heteroatoms. The molecule has 0 N–H and O–H groups in total. The van der Waals surface area contributed by atoms with E-state index in [0.29, 0.717) is 23.8 Å². The van der Waals surface area contributed by atoms with Gasteiger partial charge >= 0.3 is 0 Å². The lowest BCUT2D eigenvalue weighted by Gasteiger charge is -2.16. The molecule has 1 aliphatic heterocycles. The standard InChI is InChI=1S/C17H22N4O3S2/c1-11-7-15(12(2)21(11)14-5-6-26(23,24)9-14)16(22)8-25-17-19-18-10-20(17)13-3-4-13/h7,10,13-14H,3-6,8-9H2,1-2H3. The van der Waals surface area contributed by atoms with Crippen LogP contribution in [0.4, 0.5) is 0 Å². The quantitative estimate of drug-likeness (QED) is 0.552. The summed E-state index contributed by atoms with van der Waals surface area (Å²) in [6.07, 6.45) is 4.64. The maximum Gasteiger partial charge on any atom is 0.191 e. The Bertz CT molecular complexity index is 957. The normalized spacial score (nSPS) is 22.0. The largest absolute Gasteiger partial charge is 0.344 e. The molecule has 0 aromatic carbocycles. The van der Waals surface area contributed by atoms with Crippen molar-refractivity contribution in [2.45, 2.75) is 50.4 Å². The Kier molecular flexibility index (Phi) is 4.46. The average molecular weight is 395 g/mol. The topological polar surface area (TPSA) is 86.8 Å². The molecule has 140 valence electrons. The van der Waals surface area contributed by atoms with E-state index in [-0.39, 0.29) is 23.3 Å². The number of carbonyl (C=O) groups excluding carboxylic acids is 1. The Morgan fingerprint density at radius 1 is 1.27 bits per heavy atom. The summed E-state index contributed by atoms with van der Waals surface area (Å²) >= 11 is 1.42. The van der Waals surface area contributed by atoms with E-state index < -0.39 is 9.84 Å². The maximum atomic E-state index is 12.8. The summed E-state index contributed by atoms with van der Waals surface area (Å²) in [6.45, 7) is 3.84. The predicted octanol–water partition coefficient (Wildman–Crippen LogP) is 2.37. The van der Waals surface area contributed by atoms with Gasteiger partial charge in [0.1, 0.15) is 6.33 Å². The van der Waals surface area contributed by atoms with Gasteiger partial charge in [0, 0.05) is 29.0 Å². The first-order valence-corrected chi connectivity index (χ1v) is 11.6. The van der Waals surface area contributed by atoms with E-state index in [0.717, 1.165) is 29.4 Å². The number of nitrogens with zero attached hydrogens (tertiary/aromatic N) is 4. The van der Waals surface area contributed by atoms with Gasteiger partial charge in [0.2, 0.25) is 0 Å². The second-order valence-corrected chi connectivity index (χ2v) is 10.3. The Labute approximate surface area is 157 Å². The Balaban J connectivity index is 1.50. The average Bonchev–Trinajstić information content (AvgIpc) is 3.10. The minimum atomic E-state index is -2.96. The van der Waals surface area contributed by atoms with Gasteiger partial charge in [0.25, 0.3) is 0 Å². The van der Waals surface area contributed by atoms with E-state index in [9.17, 15) is 13.2 Å². The third-order valence-corrected chi connectivity index (χ3v) is 7.88. The summed E-state index contributed by atoms with van der Waals surface area (Å²) < 4.78 is 27.7. The van der Waals surface area contributed by atoms with Crippen LogP contribution in [0.3, 0.4) is 0 Å². The first-order valence-electron chi connectivity index (χ1n) is 8.80.